The van der Waals surface area contributed by atoms with E-state index >= 15 is 0 Å². The molecular weight excluding hydrogens is 390 g/mol. The number of aryl methyl sites for hydroxylation is 1. The van der Waals surface area contributed by atoms with Crippen LogP contribution in [0.15, 0.2) is 54.6 Å². The van der Waals surface area contributed by atoms with Crippen molar-refractivity contribution in [3.63, 3.8) is 0 Å². The van der Waals surface area contributed by atoms with E-state index < -0.39 is 6.04 Å². The summed E-state index contributed by atoms with van der Waals surface area (Å²) in [6.45, 7) is 7.86. The second-order valence-corrected chi connectivity index (χ2v) is 8.45. The summed E-state index contributed by atoms with van der Waals surface area (Å²) < 4.78 is 0. The molecule has 0 aliphatic carbocycles. The third kappa shape index (κ3) is 5.72. The Hall–Kier alpha value is -3.15. The predicted molar refractivity (Wildman–Crippen MR) is 121 cm³/mol. The minimum absolute atomic E-state index is 0.0146. The van der Waals surface area contributed by atoms with Crippen LogP contribution in [0.25, 0.3) is 0 Å². The molecule has 1 aliphatic rings. The fraction of sp³-hybridized carbons (Fsp3) is 0.400. The lowest BCUT2D eigenvalue weighted by molar-refractivity contribution is -0.135. The molecule has 164 valence electrons. The monoisotopic (exact) mass is 421 g/mol. The highest BCUT2D eigenvalue weighted by Gasteiger charge is 2.31. The Labute approximate surface area is 184 Å². The first kappa shape index (κ1) is 22.5. The van der Waals surface area contributed by atoms with Gasteiger partial charge >= 0.3 is 0 Å². The molecule has 6 heteroatoms. The summed E-state index contributed by atoms with van der Waals surface area (Å²) in [5, 5.41) is 2.95. The van der Waals surface area contributed by atoms with Gasteiger partial charge < -0.3 is 15.1 Å². The number of rotatable bonds is 6. The molecule has 1 saturated heterocycles. The topological polar surface area (TPSA) is 69.7 Å². The summed E-state index contributed by atoms with van der Waals surface area (Å²) in [5.74, 6) is -0.0659. The van der Waals surface area contributed by atoms with Crippen LogP contribution >= 0.6 is 0 Å². The fourth-order valence-corrected chi connectivity index (χ4v) is 3.87. The number of hydrogen-bond acceptors (Lipinski definition) is 3. The van der Waals surface area contributed by atoms with E-state index in [1.807, 2.05) is 57.2 Å². The molecule has 0 aromatic heterocycles. The lowest BCUT2D eigenvalue weighted by Crippen LogP contribution is -2.56. The quantitative estimate of drug-likeness (QED) is 0.779. The summed E-state index contributed by atoms with van der Waals surface area (Å²) >= 11 is 0. The van der Waals surface area contributed by atoms with Crippen LogP contribution in [0.5, 0.6) is 0 Å². The highest BCUT2D eigenvalue weighted by molar-refractivity contribution is 5.98. The number of nitrogens with zero attached hydrogens (tertiary/aromatic N) is 2. The first-order chi connectivity index (χ1) is 14.9. The molecule has 2 aromatic rings. The van der Waals surface area contributed by atoms with Gasteiger partial charge in [-0.2, -0.15) is 0 Å². The van der Waals surface area contributed by atoms with Crippen LogP contribution < -0.4 is 5.32 Å². The summed E-state index contributed by atoms with van der Waals surface area (Å²) in [5.41, 5.74) is 2.12. The number of carbonyl (C=O) groups excluding carboxylic acids is 3. The molecule has 6 nitrogen and oxygen atoms in total. The van der Waals surface area contributed by atoms with E-state index in [0.717, 1.165) is 5.56 Å². The summed E-state index contributed by atoms with van der Waals surface area (Å²) in [6.07, 6.45) is 0.569. The van der Waals surface area contributed by atoms with Gasteiger partial charge in [0.2, 0.25) is 5.91 Å². The van der Waals surface area contributed by atoms with E-state index in [1.165, 1.54) is 0 Å². The molecule has 0 bridgehead atoms. The predicted octanol–water partition coefficient (Wildman–Crippen LogP) is 3.12. The molecule has 1 heterocycles. The molecule has 0 spiro atoms. The standard InChI is InChI=1S/C25H31N3O3/c1-18(2)17-22(26-23(29)21-12-8-7-9-19(21)3)25(31)28-15-13-27(14-16-28)24(30)20-10-5-4-6-11-20/h4-12,18,22H,13-17H2,1-3H3,(H,26,29). The van der Waals surface area contributed by atoms with Crippen molar-refractivity contribution in [2.75, 3.05) is 26.2 Å². The van der Waals surface area contributed by atoms with E-state index in [4.69, 9.17) is 0 Å². The molecule has 0 saturated carbocycles. The summed E-state index contributed by atoms with van der Waals surface area (Å²) in [7, 11) is 0. The Morgan fingerprint density at radius 3 is 2.06 bits per heavy atom. The van der Waals surface area contributed by atoms with Crippen LogP contribution in [0.1, 0.15) is 46.5 Å². The number of hydrogen-bond donors (Lipinski definition) is 1. The van der Waals surface area contributed by atoms with E-state index in [0.29, 0.717) is 43.7 Å². The second kappa shape index (κ2) is 10.2. The first-order valence-corrected chi connectivity index (χ1v) is 10.9. The van der Waals surface area contributed by atoms with Crippen molar-refractivity contribution in [2.45, 2.75) is 33.2 Å². The van der Waals surface area contributed by atoms with Crippen LogP contribution in [0.2, 0.25) is 0 Å². The largest absolute Gasteiger partial charge is 0.340 e. The Morgan fingerprint density at radius 1 is 0.871 bits per heavy atom. The number of benzene rings is 2. The van der Waals surface area contributed by atoms with Crippen LogP contribution in [-0.4, -0.2) is 59.7 Å². The normalized spacial score (nSPS) is 15.0. The van der Waals surface area contributed by atoms with Crippen molar-refractivity contribution in [3.05, 3.63) is 71.3 Å². The van der Waals surface area contributed by atoms with Crippen molar-refractivity contribution in [1.29, 1.82) is 0 Å². The zero-order valence-corrected chi connectivity index (χ0v) is 18.5. The third-order valence-corrected chi connectivity index (χ3v) is 5.60. The molecule has 1 N–H and O–H groups in total. The van der Waals surface area contributed by atoms with Gasteiger partial charge in [0.05, 0.1) is 0 Å². The molecule has 1 unspecified atom stereocenters. The molecule has 31 heavy (non-hydrogen) atoms. The minimum atomic E-state index is -0.580. The van der Waals surface area contributed by atoms with Gasteiger partial charge in [-0.15, -0.1) is 0 Å². The van der Waals surface area contributed by atoms with Gasteiger partial charge in [0.1, 0.15) is 6.04 Å². The smallest absolute Gasteiger partial charge is 0.253 e. The average Bonchev–Trinajstić information content (AvgIpc) is 2.78. The van der Waals surface area contributed by atoms with Gasteiger partial charge in [-0.25, -0.2) is 0 Å². The van der Waals surface area contributed by atoms with Crippen molar-refractivity contribution in [1.82, 2.24) is 15.1 Å². The van der Waals surface area contributed by atoms with E-state index in [9.17, 15) is 14.4 Å². The molecule has 1 fully saturated rings. The molecule has 0 radical (unpaired) electrons. The fourth-order valence-electron chi connectivity index (χ4n) is 3.87. The molecule has 1 aliphatic heterocycles. The van der Waals surface area contributed by atoms with E-state index in [1.54, 1.807) is 28.0 Å². The minimum Gasteiger partial charge on any atom is -0.340 e. The van der Waals surface area contributed by atoms with Gasteiger partial charge in [-0.3, -0.25) is 14.4 Å². The number of nitrogens with one attached hydrogen (secondary N) is 1. The van der Waals surface area contributed by atoms with Gasteiger partial charge in [-0.05, 0) is 43.0 Å². The van der Waals surface area contributed by atoms with Gasteiger partial charge in [0.25, 0.3) is 11.8 Å². The second-order valence-electron chi connectivity index (χ2n) is 8.45. The summed E-state index contributed by atoms with van der Waals surface area (Å²) in [4.78, 5) is 42.2. The Bertz CT molecular complexity index is 919. The number of amides is 3. The molecule has 2 aromatic carbocycles. The van der Waals surface area contributed by atoms with Gasteiger partial charge in [0, 0.05) is 37.3 Å². The van der Waals surface area contributed by atoms with Crippen molar-refractivity contribution in [2.24, 2.45) is 5.92 Å². The van der Waals surface area contributed by atoms with E-state index in [-0.39, 0.29) is 23.6 Å². The maximum Gasteiger partial charge on any atom is 0.253 e. The van der Waals surface area contributed by atoms with Crippen LogP contribution in [0.4, 0.5) is 0 Å². The molecule has 3 amide bonds. The number of carbonyl (C=O) groups is 3. The van der Waals surface area contributed by atoms with Crippen LogP contribution in [0.3, 0.4) is 0 Å². The van der Waals surface area contributed by atoms with Crippen LogP contribution in [0, 0.1) is 12.8 Å². The van der Waals surface area contributed by atoms with Crippen LogP contribution in [-0.2, 0) is 4.79 Å². The SMILES string of the molecule is Cc1ccccc1C(=O)NC(CC(C)C)C(=O)N1CCN(C(=O)c2ccccc2)CC1. The highest BCUT2D eigenvalue weighted by atomic mass is 16.2. The highest BCUT2D eigenvalue weighted by Crippen LogP contribution is 2.14. The first-order valence-electron chi connectivity index (χ1n) is 10.9. The third-order valence-electron chi connectivity index (χ3n) is 5.60. The van der Waals surface area contributed by atoms with Crippen molar-refractivity contribution < 1.29 is 14.4 Å². The number of piperazine rings is 1. The average molecular weight is 422 g/mol. The maximum atomic E-state index is 13.2. The zero-order chi connectivity index (χ0) is 22.4. The molecule has 1 atom stereocenters. The Kier molecular flexibility index (Phi) is 7.45. The molecule has 3 rings (SSSR count). The Morgan fingerprint density at radius 2 is 1.45 bits per heavy atom. The van der Waals surface area contributed by atoms with Gasteiger partial charge in [0.15, 0.2) is 0 Å². The van der Waals surface area contributed by atoms with E-state index in [2.05, 4.69) is 5.32 Å². The Balaban J connectivity index is 1.63. The van der Waals surface area contributed by atoms with Crippen molar-refractivity contribution in [3.8, 4) is 0 Å². The lowest BCUT2D eigenvalue weighted by atomic mass is 10.0. The lowest BCUT2D eigenvalue weighted by Gasteiger charge is -2.37. The molecular formula is C25H31N3O3. The summed E-state index contributed by atoms with van der Waals surface area (Å²) in [6, 6.07) is 16.0. The zero-order valence-electron chi connectivity index (χ0n) is 18.5. The maximum absolute atomic E-state index is 13.2. The van der Waals surface area contributed by atoms with Gasteiger partial charge in [-0.1, -0.05) is 50.2 Å². The van der Waals surface area contributed by atoms with Crippen molar-refractivity contribution >= 4 is 17.7 Å².